The number of hydrogen-bond donors (Lipinski definition) is 1. The average Bonchev–Trinajstić information content (AvgIpc) is 2.52. The first kappa shape index (κ1) is 21.8. The second-order valence-corrected chi connectivity index (χ2v) is 4.34. The van der Waals surface area contributed by atoms with Crippen LogP contribution < -0.4 is 15.2 Å². The number of ether oxygens (including phenoxy) is 3. The van der Waals surface area contributed by atoms with Crippen molar-refractivity contribution in [1.29, 1.82) is 0 Å². The van der Waals surface area contributed by atoms with Crippen LogP contribution in [0.3, 0.4) is 0 Å². The Morgan fingerprint density at radius 3 is 2.25 bits per heavy atom. The Balaban J connectivity index is 0.00000529. The van der Waals surface area contributed by atoms with Gasteiger partial charge in [0.1, 0.15) is 6.04 Å². The molecule has 0 fully saturated rings. The van der Waals surface area contributed by atoms with Crippen molar-refractivity contribution in [1.82, 2.24) is 0 Å². The number of nitro benzene ring substituents is 1. The van der Waals surface area contributed by atoms with E-state index in [4.69, 9.17) is 15.2 Å². The number of halogens is 3. The maximum absolute atomic E-state index is 14.1. The molecule has 0 bridgehead atoms. The molecule has 136 valence electrons. The third kappa shape index (κ3) is 4.20. The Morgan fingerprint density at radius 2 is 1.83 bits per heavy atom. The van der Waals surface area contributed by atoms with E-state index in [-0.39, 0.29) is 30.5 Å². The van der Waals surface area contributed by atoms with Crippen molar-refractivity contribution in [3.8, 4) is 11.5 Å². The number of alkyl halides is 2. The molecule has 0 heterocycles. The van der Waals surface area contributed by atoms with Gasteiger partial charge in [0.25, 0.3) is 5.69 Å². The van der Waals surface area contributed by atoms with Crippen molar-refractivity contribution >= 4 is 24.1 Å². The Hall–Kier alpha value is -2.20. The smallest absolute Gasteiger partial charge is 0.379 e. The van der Waals surface area contributed by atoms with Gasteiger partial charge in [0, 0.05) is 0 Å². The highest BCUT2D eigenvalue weighted by atomic mass is 35.5. The first-order valence-corrected chi connectivity index (χ1v) is 6.41. The number of esters is 1. The van der Waals surface area contributed by atoms with Crippen LogP contribution in [0.25, 0.3) is 0 Å². The fraction of sp³-hybridized carbons (Fsp3) is 0.462. The maximum atomic E-state index is 14.1. The van der Waals surface area contributed by atoms with Gasteiger partial charge in [-0.25, -0.2) is 4.79 Å². The van der Waals surface area contributed by atoms with Gasteiger partial charge in [-0.2, -0.15) is 8.78 Å². The summed E-state index contributed by atoms with van der Waals surface area (Å²) in [6, 6.07) is -0.453. The Morgan fingerprint density at radius 1 is 1.33 bits per heavy atom. The van der Waals surface area contributed by atoms with Crippen molar-refractivity contribution in [2.75, 3.05) is 20.8 Å². The molecule has 1 aromatic rings. The predicted octanol–water partition coefficient (Wildman–Crippen LogP) is 2.23. The van der Waals surface area contributed by atoms with E-state index in [2.05, 4.69) is 4.74 Å². The highest BCUT2D eigenvalue weighted by Gasteiger charge is 2.50. The number of nitro groups is 1. The van der Waals surface area contributed by atoms with E-state index in [0.717, 1.165) is 12.1 Å². The number of rotatable bonds is 7. The predicted molar refractivity (Wildman–Crippen MR) is 82.0 cm³/mol. The standard InChI is InChI=1S/C13H16F2N2O6.ClH/c1-4-23-12(18)13(14,15)11(16)7-5-9(21-2)10(22-3)6-8(7)17(19)20;/h5-6,11H,4,16H2,1-3H3;1H/t11-;/m0./s1. The summed E-state index contributed by atoms with van der Waals surface area (Å²) in [7, 11) is 2.46. The van der Waals surface area contributed by atoms with Gasteiger partial charge in [-0.05, 0) is 13.0 Å². The quantitative estimate of drug-likeness (QED) is 0.444. The molecule has 0 unspecified atom stereocenters. The molecule has 0 saturated carbocycles. The number of nitrogens with two attached hydrogens (primary N) is 1. The van der Waals surface area contributed by atoms with E-state index in [1.165, 1.54) is 21.1 Å². The van der Waals surface area contributed by atoms with Crippen LogP contribution in [0, 0.1) is 10.1 Å². The third-order valence-corrected chi connectivity index (χ3v) is 3.00. The molecule has 0 saturated heterocycles. The molecule has 0 aliphatic heterocycles. The van der Waals surface area contributed by atoms with Crippen molar-refractivity contribution in [3.05, 3.63) is 27.8 Å². The van der Waals surface area contributed by atoms with E-state index in [1.807, 2.05) is 0 Å². The van der Waals surface area contributed by atoms with Crippen LogP contribution in [0.4, 0.5) is 14.5 Å². The fourth-order valence-electron chi connectivity index (χ4n) is 1.84. The van der Waals surface area contributed by atoms with Crippen molar-refractivity contribution in [2.24, 2.45) is 5.73 Å². The lowest BCUT2D eigenvalue weighted by molar-refractivity contribution is -0.386. The lowest BCUT2D eigenvalue weighted by Crippen LogP contribution is -2.42. The summed E-state index contributed by atoms with van der Waals surface area (Å²) in [6.07, 6.45) is 0. The summed E-state index contributed by atoms with van der Waals surface area (Å²) in [5, 5.41) is 11.1. The molecule has 0 aliphatic carbocycles. The van der Waals surface area contributed by atoms with Gasteiger partial charge in [0.05, 0.1) is 37.4 Å². The van der Waals surface area contributed by atoms with Crippen LogP contribution in [0.1, 0.15) is 18.5 Å². The Bertz CT molecular complexity index is 614. The molecular formula is C13H17ClF2N2O6. The summed E-state index contributed by atoms with van der Waals surface area (Å²) in [5.74, 6) is -6.09. The Kier molecular flexibility index (Phi) is 7.81. The molecular weight excluding hydrogens is 354 g/mol. The van der Waals surface area contributed by atoms with E-state index in [9.17, 15) is 23.7 Å². The monoisotopic (exact) mass is 370 g/mol. The average molecular weight is 371 g/mol. The molecule has 0 spiro atoms. The number of carbonyl (C=O) groups excluding carboxylic acids is 1. The van der Waals surface area contributed by atoms with Crippen LogP contribution in [-0.4, -0.2) is 37.6 Å². The second kappa shape index (κ2) is 8.60. The van der Waals surface area contributed by atoms with Crippen molar-refractivity contribution < 1.29 is 32.7 Å². The van der Waals surface area contributed by atoms with Crippen molar-refractivity contribution in [3.63, 3.8) is 0 Å². The molecule has 8 nitrogen and oxygen atoms in total. The molecule has 11 heteroatoms. The first-order chi connectivity index (χ1) is 10.7. The van der Waals surface area contributed by atoms with Gasteiger partial charge in [0.2, 0.25) is 0 Å². The zero-order valence-electron chi connectivity index (χ0n) is 13.1. The summed E-state index contributed by atoms with van der Waals surface area (Å²) in [5.41, 5.74) is 4.10. The number of benzene rings is 1. The van der Waals surface area contributed by atoms with E-state index < -0.39 is 34.1 Å². The highest BCUT2D eigenvalue weighted by Crippen LogP contribution is 2.41. The minimum Gasteiger partial charge on any atom is -0.493 e. The third-order valence-electron chi connectivity index (χ3n) is 3.00. The summed E-state index contributed by atoms with van der Waals surface area (Å²) < 4.78 is 42.2. The van der Waals surface area contributed by atoms with Crippen molar-refractivity contribution in [2.45, 2.75) is 18.9 Å². The van der Waals surface area contributed by atoms with Crippen LogP contribution in [0.15, 0.2) is 12.1 Å². The van der Waals surface area contributed by atoms with Gasteiger partial charge < -0.3 is 19.9 Å². The lowest BCUT2D eigenvalue weighted by atomic mass is 9.98. The highest BCUT2D eigenvalue weighted by molar-refractivity contribution is 5.85. The number of methoxy groups -OCH3 is 2. The van der Waals surface area contributed by atoms with E-state index in [0.29, 0.717) is 0 Å². The first-order valence-electron chi connectivity index (χ1n) is 6.41. The van der Waals surface area contributed by atoms with Crippen LogP contribution in [0.5, 0.6) is 11.5 Å². The minimum absolute atomic E-state index is 0. The molecule has 2 N–H and O–H groups in total. The largest absolute Gasteiger partial charge is 0.493 e. The van der Waals surface area contributed by atoms with Crippen LogP contribution in [0.2, 0.25) is 0 Å². The molecule has 0 amide bonds. The molecule has 24 heavy (non-hydrogen) atoms. The molecule has 1 atom stereocenters. The Labute approximate surface area is 142 Å². The van der Waals surface area contributed by atoms with Gasteiger partial charge >= 0.3 is 11.9 Å². The minimum atomic E-state index is -4.15. The second-order valence-electron chi connectivity index (χ2n) is 4.34. The normalized spacial score (nSPS) is 11.9. The summed E-state index contributed by atoms with van der Waals surface area (Å²) >= 11 is 0. The van der Waals surface area contributed by atoms with E-state index >= 15 is 0 Å². The zero-order valence-corrected chi connectivity index (χ0v) is 13.9. The molecule has 1 rings (SSSR count). The van der Waals surface area contributed by atoms with E-state index in [1.54, 1.807) is 0 Å². The number of nitrogens with zero attached hydrogens (tertiary/aromatic N) is 1. The molecule has 1 aromatic carbocycles. The maximum Gasteiger partial charge on any atom is 0.379 e. The fourth-order valence-corrected chi connectivity index (χ4v) is 1.84. The summed E-state index contributed by atoms with van der Waals surface area (Å²) in [4.78, 5) is 21.6. The molecule has 0 aromatic heterocycles. The van der Waals surface area contributed by atoms with Gasteiger partial charge in [-0.1, -0.05) is 0 Å². The van der Waals surface area contributed by atoms with Crippen LogP contribution in [-0.2, 0) is 9.53 Å². The van der Waals surface area contributed by atoms with Gasteiger partial charge in [-0.3, -0.25) is 10.1 Å². The van der Waals surface area contributed by atoms with Gasteiger partial charge in [-0.15, -0.1) is 12.4 Å². The summed E-state index contributed by atoms with van der Waals surface area (Å²) in [6.45, 7) is 1.06. The topological polar surface area (TPSA) is 114 Å². The number of carbonyl (C=O) groups is 1. The molecule has 0 radical (unpaired) electrons. The van der Waals surface area contributed by atoms with Crippen LogP contribution >= 0.6 is 12.4 Å². The lowest BCUT2D eigenvalue weighted by Gasteiger charge is -2.22. The SMILES string of the molecule is CCOC(=O)C(F)(F)[C@@H](N)c1cc(OC)c(OC)cc1[N+](=O)[O-].Cl. The van der Waals surface area contributed by atoms with Gasteiger partial charge in [0.15, 0.2) is 11.5 Å². The molecule has 0 aliphatic rings. The number of hydrogen-bond acceptors (Lipinski definition) is 7. The zero-order chi connectivity index (χ0) is 17.8.